The zero-order chi connectivity index (χ0) is 21.2. The van der Waals surface area contributed by atoms with Crippen LogP contribution in [0.2, 0.25) is 0 Å². The van der Waals surface area contributed by atoms with Crippen LogP contribution in [0.4, 0.5) is 0 Å². The summed E-state index contributed by atoms with van der Waals surface area (Å²) in [5.41, 5.74) is 4.86. The number of amides is 2. The molecule has 2 atom stereocenters. The molecule has 0 aromatic heterocycles. The molecule has 1 fully saturated rings. The van der Waals surface area contributed by atoms with E-state index in [0.29, 0.717) is 11.3 Å². The lowest BCUT2D eigenvalue weighted by atomic mass is 9.98. The maximum atomic E-state index is 12.9. The molecular weight excluding hydrogens is 416 g/mol. The Balaban J connectivity index is 1.80. The van der Waals surface area contributed by atoms with E-state index in [1.165, 1.54) is 18.9 Å². The second kappa shape index (κ2) is 8.47. The number of amidine groups is 1. The van der Waals surface area contributed by atoms with E-state index in [9.17, 15) is 19.5 Å². The number of benzene rings is 1. The van der Waals surface area contributed by atoms with E-state index in [-0.39, 0.29) is 23.0 Å². The molecule has 2 amide bonds. The van der Waals surface area contributed by atoms with E-state index in [0.717, 1.165) is 22.2 Å². The predicted octanol–water partition coefficient (Wildman–Crippen LogP) is 0.568. The molecule has 3 rings (SSSR count). The maximum absolute atomic E-state index is 12.9. The number of nitrogens with one attached hydrogen (secondary N) is 2. The summed E-state index contributed by atoms with van der Waals surface area (Å²) in [6.07, 6.45) is 0.0682. The highest BCUT2D eigenvalue weighted by molar-refractivity contribution is 8.13. The highest BCUT2D eigenvalue weighted by atomic mass is 32.2. The monoisotopic (exact) mass is 436 g/mol. The van der Waals surface area contributed by atoms with Gasteiger partial charge in [-0.05, 0) is 11.1 Å². The molecule has 0 radical (unpaired) electrons. The number of fused-ring (bicyclic) bond motifs is 1. The minimum Gasteiger partial charge on any atom is -0.477 e. The first-order valence-corrected chi connectivity index (χ1v) is 10.6. The number of carbonyl (C=O) groups excluding carboxylic acids is 2. The molecule has 29 heavy (non-hydrogen) atoms. The first-order valence-electron chi connectivity index (χ1n) is 8.57. The Labute approximate surface area is 175 Å². The fourth-order valence-electron chi connectivity index (χ4n) is 3.25. The van der Waals surface area contributed by atoms with Crippen molar-refractivity contribution in [1.29, 1.82) is 5.41 Å². The predicted molar refractivity (Wildman–Crippen MR) is 110 cm³/mol. The van der Waals surface area contributed by atoms with E-state index < -0.39 is 28.9 Å². The minimum atomic E-state index is -1.61. The SMILES string of the molecule is COC1(NC(=O)Cc2ccccc2)C(=O)N2C(C(=O)O)=C(CSC(=N)N)CS[C@@H]21. The van der Waals surface area contributed by atoms with Gasteiger partial charge in [0.05, 0.1) is 6.42 Å². The third-order valence-corrected chi connectivity index (χ3v) is 6.75. The van der Waals surface area contributed by atoms with Gasteiger partial charge in [-0.2, -0.15) is 0 Å². The number of hydrogen-bond donors (Lipinski definition) is 4. The Hall–Kier alpha value is -2.50. The van der Waals surface area contributed by atoms with Crippen LogP contribution in [0.1, 0.15) is 5.56 Å². The van der Waals surface area contributed by atoms with Gasteiger partial charge >= 0.3 is 5.97 Å². The molecule has 154 valence electrons. The lowest BCUT2D eigenvalue weighted by molar-refractivity contribution is -0.192. The number of carboxylic acid groups (broad SMARTS) is 1. The van der Waals surface area contributed by atoms with Crippen molar-refractivity contribution >= 4 is 46.5 Å². The van der Waals surface area contributed by atoms with E-state index in [4.69, 9.17) is 15.9 Å². The van der Waals surface area contributed by atoms with Crippen molar-refractivity contribution in [2.75, 3.05) is 18.6 Å². The zero-order valence-electron chi connectivity index (χ0n) is 15.5. The first-order chi connectivity index (χ1) is 13.8. The number of β-lactam (4-membered cyclic amide) rings is 1. The number of nitrogens with two attached hydrogens (primary N) is 1. The average Bonchev–Trinajstić information content (AvgIpc) is 2.69. The number of thioether (sulfide) groups is 2. The Morgan fingerprint density at radius 3 is 2.72 bits per heavy atom. The third kappa shape index (κ3) is 3.98. The number of nitrogens with zero attached hydrogens (tertiary/aromatic N) is 1. The zero-order valence-corrected chi connectivity index (χ0v) is 17.1. The Bertz CT molecular complexity index is 891. The van der Waals surface area contributed by atoms with Gasteiger partial charge in [-0.15, -0.1) is 11.8 Å². The third-order valence-electron chi connectivity index (χ3n) is 4.57. The Morgan fingerprint density at radius 1 is 1.45 bits per heavy atom. The van der Waals surface area contributed by atoms with Crippen molar-refractivity contribution in [1.82, 2.24) is 10.2 Å². The molecule has 0 bridgehead atoms. The summed E-state index contributed by atoms with van der Waals surface area (Å²) < 4.78 is 5.41. The molecule has 1 unspecified atom stereocenters. The van der Waals surface area contributed by atoms with Gasteiger partial charge in [0.25, 0.3) is 11.6 Å². The first kappa shape index (κ1) is 21.2. The molecule has 0 saturated carbocycles. The number of carbonyl (C=O) groups is 3. The standard InChI is InChI=1S/C18H20N4O5S2/c1-27-18(21-12(23)7-10-5-3-2-4-6-10)15(26)22-13(14(24)25)11(8-28-16(18)22)9-29-17(19)20/h2-6,16H,7-9H2,1H3,(H3,19,20)(H,21,23)(H,24,25)/t16-,18?/m1/s1. The molecular formula is C18H20N4O5S2. The molecule has 1 aromatic carbocycles. The highest BCUT2D eigenvalue weighted by Gasteiger charge is 2.66. The number of aliphatic carboxylic acids is 1. The van der Waals surface area contributed by atoms with Crippen LogP contribution in [0.15, 0.2) is 41.6 Å². The van der Waals surface area contributed by atoms with Crippen LogP contribution < -0.4 is 11.1 Å². The van der Waals surface area contributed by atoms with Gasteiger partial charge in [0.1, 0.15) is 11.1 Å². The van der Waals surface area contributed by atoms with E-state index >= 15 is 0 Å². The maximum Gasteiger partial charge on any atom is 0.352 e. The Kier molecular flexibility index (Phi) is 6.20. The van der Waals surface area contributed by atoms with Crippen LogP contribution in [0, 0.1) is 5.41 Å². The molecule has 2 aliphatic rings. The molecule has 2 heterocycles. The lowest BCUT2D eigenvalue weighted by Crippen LogP contribution is -2.80. The van der Waals surface area contributed by atoms with E-state index in [1.807, 2.05) is 18.2 Å². The second-order valence-electron chi connectivity index (χ2n) is 6.40. The summed E-state index contributed by atoms with van der Waals surface area (Å²) in [5.74, 6) is -1.77. The second-order valence-corrected chi connectivity index (χ2v) is 8.48. The molecule has 0 aliphatic carbocycles. The molecule has 2 aliphatic heterocycles. The fourth-order valence-corrected chi connectivity index (χ4v) is 5.39. The number of methoxy groups -OCH3 is 1. The van der Waals surface area contributed by atoms with Crippen molar-refractivity contribution in [3.63, 3.8) is 0 Å². The van der Waals surface area contributed by atoms with Gasteiger partial charge in [-0.1, -0.05) is 42.1 Å². The van der Waals surface area contributed by atoms with Gasteiger partial charge in [0.2, 0.25) is 5.91 Å². The summed E-state index contributed by atoms with van der Waals surface area (Å²) in [4.78, 5) is 38.4. The topological polar surface area (TPSA) is 146 Å². The van der Waals surface area contributed by atoms with Crippen LogP contribution in [-0.4, -0.2) is 62.7 Å². The summed E-state index contributed by atoms with van der Waals surface area (Å²) in [6.45, 7) is 0. The number of rotatable bonds is 7. The molecule has 5 N–H and O–H groups in total. The van der Waals surface area contributed by atoms with Crippen molar-refractivity contribution in [2.24, 2.45) is 5.73 Å². The van der Waals surface area contributed by atoms with Crippen LogP contribution in [-0.2, 0) is 25.5 Å². The summed E-state index contributed by atoms with van der Waals surface area (Å²) in [6, 6.07) is 9.06. The Morgan fingerprint density at radius 2 is 2.14 bits per heavy atom. The molecule has 0 spiro atoms. The number of carboxylic acids is 1. The molecule has 1 saturated heterocycles. The van der Waals surface area contributed by atoms with Crippen LogP contribution >= 0.6 is 23.5 Å². The fraction of sp³-hybridized carbons (Fsp3) is 0.333. The van der Waals surface area contributed by atoms with Crippen molar-refractivity contribution < 1.29 is 24.2 Å². The van der Waals surface area contributed by atoms with Crippen molar-refractivity contribution in [3.05, 3.63) is 47.2 Å². The largest absolute Gasteiger partial charge is 0.477 e. The van der Waals surface area contributed by atoms with E-state index in [1.54, 1.807) is 12.1 Å². The highest BCUT2D eigenvalue weighted by Crippen LogP contribution is 2.47. The van der Waals surface area contributed by atoms with Crippen LogP contribution in [0.25, 0.3) is 0 Å². The van der Waals surface area contributed by atoms with Gasteiger partial charge < -0.3 is 20.9 Å². The average molecular weight is 437 g/mol. The summed E-state index contributed by atoms with van der Waals surface area (Å²) in [7, 11) is 1.31. The number of hydrogen-bond acceptors (Lipinski definition) is 7. The van der Waals surface area contributed by atoms with Gasteiger partial charge in [-0.25, -0.2) is 4.79 Å². The summed E-state index contributed by atoms with van der Waals surface area (Å²) >= 11 is 2.29. The smallest absolute Gasteiger partial charge is 0.352 e. The van der Waals surface area contributed by atoms with Crippen LogP contribution in [0.5, 0.6) is 0 Å². The quantitative estimate of drug-likeness (QED) is 0.210. The normalized spacial score (nSPS) is 23.3. The summed E-state index contributed by atoms with van der Waals surface area (Å²) in [5, 5.41) is 18.8. The lowest BCUT2D eigenvalue weighted by Gasteiger charge is -2.55. The van der Waals surface area contributed by atoms with Crippen LogP contribution in [0.3, 0.4) is 0 Å². The van der Waals surface area contributed by atoms with Crippen molar-refractivity contribution in [2.45, 2.75) is 17.5 Å². The molecule has 11 heteroatoms. The minimum absolute atomic E-state index is 0.0682. The van der Waals surface area contributed by atoms with Gasteiger partial charge in [0.15, 0.2) is 5.17 Å². The molecule has 1 aromatic rings. The van der Waals surface area contributed by atoms with Crippen molar-refractivity contribution in [3.8, 4) is 0 Å². The molecule has 9 nitrogen and oxygen atoms in total. The van der Waals surface area contributed by atoms with Gasteiger partial charge in [0, 0.05) is 18.6 Å². The van der Waals surface area contributed by atoms with E-state index in [2.05, 4.69) is 5.32 Å². The number of ether oxygens (including phenoxy) is 1. The van der Waals surface area contributed by atoms with Gasteiger partial charge in [-0.3, -0.25) is 19.9 Å².